The normalized spacial score (nSPS) is 13.0. The molecule has 0 rings (SSSR count). The van der Waals surface area contributed by atoms with Gasteiger partial charge in [0, 0.05) is 0 Å². The van der Waals surface area contributed by atoms with Crippen LogP contribution < -0.4 is 5.32 Å². The van der Waals surface area contributed by atoms with Crippen LogP contribution >= 0.6 is 0 Å². The van der Waals surface area contributed by atoms with Gasteiger partial charge in [-0.2, -0.15) is 0 Å². The summed E-state index contributed by atoms with van der Waals surface area (Å²) in [6.07, 6.45) is 4.12. The number of aldehydes is 1. The van der Waals surface area contributed by atoms with E-state index in [9.17, 15) is 4.79 Å². The summed E-state index contributed by atoms with van der Waals surface area (Å²) in [5.41, 5.74) is 0. The maximum absolute atomic E-state index is 10.3. The number of hydrogen-bond acceptors (Lipinski definition) is 2. The van der Waals surface area contributed by atoms with Gasteiger partial charge in [0.2, 0.25) is 0 Å². The first-order chi connectivity index (χ1) is 4.85. The molecule has 2 heteroatoms. The van der Waals surface area contributed by atoms with Crippen molar-refractivity contribution in [1.29, 1.82) is 0 Å². The molecule has 0 aliphatic heterocycles. The molecule has 0 aromatic heterocycles. The zero-order chi connectivity index (χ0) is 7.82. The Morgan fingerprint density at radius 3 is 2.50 bits per heavy atom. The second-order valence-electron chi connectivity index (χ2n) is 2.49. The topological polar surface area (TPSA) is 29.1 Å². The molecule has 0 heterocycles. The molecule has 0 amide bonds. The number of nitrogens with one attached hydrogen (secondary N) is 1. The van der Waals surface area contributed by atoms with E-state index in [1.165, 1.54) is 0 Å². The van der Waals surface area contributed by atoms with Crippen LogP contribution in [0.25, 0.3) is 0 Å². The van der Waals surface area contributed by atoms with Gasteiger partial charge in [-0.25, -0.2) is 0 Å². The lowest BCUT2D eigenvalue weighted by Gasteiger charge is -2.09. The van der Waals surface area contributed by atoms with Crippen LogP contribution in [0.1, 0.15) is 33.1 Å². The quantitative estimate of drug-likeness (QED) is 0.569. The maximum atomic E-state index is 10.3. The van der Waals surface area contributed by atoms with E-state index < -0.39 is 0 Å². The molecule has 0 spiro atoms. The molecule has 10 heavy (non-hydrogen) atoms. The van der Waals surface area contributed by atoms with E-state index in [1.807, 2.05) is 0 Å². The van der Waals surface area contributed by atoms with E-state index in [-0.39, 0.29) is 6.04 Å². The van der Waals surface area contributed by atoms with Gasteiger partial charge in [0.1, 0.15) is 6.29 Å². The Morgan fingerprint density at radius 2 is 2.10 bits per heavy atom. The summed E-state index contributed by atoms with van der Waals surface area (Å²) in [6.45, 7) is 5.13. The molecule has 0 aromatic carbocycles. The van der Waals surface area contributed by atoms with Crippen molar-refractivity contribution in [2.45, 2.75) is 39.2 Å². The molecule has 60 valence electrons. The molecule has 0 aliphatic rings. The van der Waals surface area contributed by atoms with Crippen LogP contribution in [0, 0.1) is 0 Å². The van der Waals surface area contributed by atoms with Crippen molar-refractivity contribution in [2.75, 3.05) is 6.54 Å². The Balaban J connectivity index is 3.29. The average Bonchev–Trinajstić information content (AvgIpc) is 1.98. The van der Waals surface area contributed by atoms with Gasteiger partial charge in [0.25, 0.3) is 0 Å². The van der Waals surface area contributed by atoms with E-state index >= 15 is 0 Å². The molecule has 0 unspecified atom stereocenters. The Morgan fingerprint density at radius 1 is 1.40 bits per heavy atom. The van der Waals surface area contributed by atoms with E-state index in [0.717, 1.165) is 32.1 Å². The summed E-state index contributed by atoms with van der Waals surface area (Å²) in [6, 6.07) is 0.0879. The molecule has 0 saturated carbocycles. The van der Waals surface area contributed by atoms with E-state index in [1.54, 1.807) is 0 Å². The van der Waals surface area contributed by atoms with Gasteiger partial charge in [-0.3, -0.25) is 0 Å². The molecule has 0 fully saturated rings. The zero-order valence-electron chi connectivity index (χ0n) is 6.89. The minimum absolute atomic E-state index is 0.0879. The smallest absolute Gasteiger partial charge is 0.136 e. The van der Waals surface area contributed by atoms with E-state index in [2.05, 4.69) is 19.2 Å². The predicted octanol–water partition coefficient (Wildman–Crippen LogP) is 1.35. The Hall–Kier alpha value is -0.370. The first kappa shape index (κ1) is 9.63. The second kappa shape index (κ2) is 6.75. The van der Waals surface area contributed by atoms with Gasteiger partial charge in [0.15, 0.2) is 0 Å². The van der Waals surface area contributed by atoms with Crippen molar-refractivity contribution >= 4 is 6.29 Å². The Bertz CT molecular complexity index is 83.3. The van der Waals surface area contributed by atoms with Gasteiger partial charge < -0.3 is 10.1 Å². The van der Waals surface area contributed by atoms with Gasteiger partial charge in [0.05, 0.1) is 6.04 Å². The molecular weight excluding hydrogens is 126 g/mol. The van der Waals surface area contributed by atoms with E-state index in [0.29, 0.717) is 0 Å². The van der Waals surface area contributed by atoms with Gasteiger partial charge >= 0.3 is 0 Å². The van der Waals surface area contributed by atoms with Gasteiger partial charge in [-0.15, -0.1) is 0 Å². The molecule has 0 bridgehead atoms. The molecule has 0 saturated heterocycles. The fourth-order valence-corrected chi connectivity index (χ4v) is 0.859. The van der Waals surface area contributed by atoms with Crippen LogP contribution in [0.3, 0.4) is 0 Å². The Labute approximate surface area is 63.0 Å². The first-order valence-electron chi connectivity index (χ1n) is 4.03. The third-order valence-electron chi connectivity index (χ3n) is 1.42. The van der Waals surface area contributed by atoms with Crippen molar-refractivity contribution in [3.05, 3.63) is 0 Å². The van der Waals surface area contributed by atoms with Crippen LogP contribution in [-0.2, 0) is 4.79 Å². The van der Waals surface area contributed by atoms with Crippen LogP contribution in [-0.4, -0.2) is 18.9 Å². The maximum Gasteiger partial charge on any atom is 0.136 e. The highest BCUT2D eigenvalue weighted by Gasteiger charge is 2.01. The molecule has 0 aromatic rings. The van der Waals surface area contributed by atoms with Crippen molar-refractivity contribution in [2.24, 2.45) is 0 Å². The largest absolute Gasteiger partial charge is 0.308 e. The zero-order valence-corrected chi connectivity index (χ0v) is 6.89. The van der Waals surface area contributed by atoms with Crippen LogP contribution in [0.15, 0.2) is 0 Å². The number of carbonyl (C=O) groups is 1. The van der Waals surface area contributed by atoms with Gasteiger partial charge in [-0.05, 0) is 19.4 Å². The van der Waals surface area contributed by atoms with Crippen LogP contribution in [0.4, 0.5) is 0 Å². The SMILES string of the molecule is CCCN[C@H](C=O)CCC. The fraction of sp³-hybridized carbons (Fsp3) is 0.875. The molecule has 2 nitrogen and oxygen atoms in total. The summed E-state index contributed by atoms with van der Waals surface area (Å²) < 4.78 is 0. The summed E-state index contributed by atoms with van der Waals surface area (Å²) in [5, 5.41) is 3.15. The Kier molecular flexibility index (Phi) is 6.50. The number of carbonyl (C=O) groups excluding carboxylic acids is 1. The minimum Gasteiger partial charge on any atom is -0.308 e. The van der Waals surface area contributed by atoms with Crippen molar-refractivity contribution in [3.63, 3.8) is 0 Å². The van der Waals surface area contributed by atoms with Crippen molar-refractivity contribution in [3.8, 4) is 0 Å². The lowest BCUT2D eigenvalue weighted by atomic mass is 10.2. The summed E-state index contributed by atoms with van der Waals surface area (Å²) in [7, 11) is 0. The molecule has 1 N–H and O–H groups in total. The molecule has 0 radical (unpaired) electrons. The lowest BCUT2D eigenvalue weighted by Crippen LogP contribution is -2.30. The number of rotatable bonds is 6. The predicted molar refractivity (Wildman–Crippen MR) is 43.1 cm³/mol. The third kappa shape index (κ3) is 4.50. The van der Waals surface area contributed by atoms with E-state index in [4.69, 9.17) is 0 Å². The molecular formula is C8H17NO. The van der Waals surface area contributed by atoms with Crippen LogP contribution in [0.5, 0.6) is 0 Å². The second-order valence-corrected chi connectivity index (χ2v) is 2.49. The minimum atomic E-state index is 0.0879. The monoisotopic (exact) mass is 143 g/mol. The third-order valence-corrected chi connectivity index (χ3v) is 1.42. The lowest BCUT2D eigenvalue weighted by molar-refractivity contribution is -0.109. The van der Waals surface area contributed by atoms with Crippen molar-refractivity contribution in [1.82, 2.24) is 5.32 Å². The highest BCUT2D eigenvalue weighted by Crippen LogP contribution is 1.92. The standard InChI is InChI=1S/C8H17NO/c1-3-5-8(7-10)9-6-4-2/h7-9H,3-6H2,1-2H3/t8-/m0/s1. The molecule has 0 aliphatic carbocycles. The van der Waals surface area contributed by atoms with Crippen LogP contribution in [0.2, 0.25) is 0 Å². The fourth-order valence-electron chi connectivity index (χ4n) is 0.859. The molecule has 1 atom stereocenters. The number of hydrogen-bond donors (Lipinski definition) is 1. The summed E-state index contributed by atoms with van der Waals surface area (Å²) in [5.74, 6) is 0. The first-order valence-corrected chi connectivity index (χ1v) is 4.03. The summed E-state index contributed by atoms with van der Waals surface area (Å²) in [4.78, 5) is 10.3. The summed E-state index contributed by atoms with van der Waals surface area (Å²) >= 11 is 0. The highest BCUT2D eigenvalue weighted by atomic mass is 16.1. The highest BCUT2D eigenvalue weighted by molar-refractivity contribution is 5.57. The average molecular weight is 143 g/mol. The van der Waals surface area contributed by atoms with Gasteiger partial charge in [-0.1, -0.05) is 20.3 Å². The van der Waals surface area contributed by atoms with Crippen molar-refractivity contribution < 1.29 is 4.79 Å².